The van der Waals surface area contributed by atoms with Gasteiger partial charge in [0.1, 0.15) is 0 Å². The maximum atomic E-state index is 12.9. The van der Waals surface area contributed by atoms with Crippen molar-refractivity contribution in [2.45, 2.75) is 6.92 Å². The summed E-state index contributed by atoms with van der Waals surface area (Å²) >= 11 is 0. The molecule has 3 aromatic rings. The van der Waals surface area contributed by atoms with Crippen LogP contribution in [0.25, 0.3) is 10.8 Å². The van der Waals surface area contributed by atoms with E-state index >= 15 is 0 Å². The van der Waals surface area contributed by atoms with E-state index in [-0.39, 0.29) is 22.9 Å². The molecule has 0 radical (unpaired) electrons. The van der Waals surface area contributed by atoms with Crippen LogP contribution in [0.1, 0.15) is 17.3 Å². The zero-order valence-electron chi connectivity index (χ0n) is 14.5. The van der Waals surface area contributed by atoms with Crippen LogP contribution in [-0.4, -0.2) is 24.5 Å². The third-order valence-corrected chi connectivity index (χ3v) is 4.23. The maximum Gasteiger partial charge on any atom is 0.311 e. The highest BCUT2D eigenvalue weighted by Gasteiger charge is 2.22. The van der Waals surface area contributed by atoms with E-state index < -0.39 is 4.92 Å². The van der Waals surface area contributed by atoms with Crippen molar-refractivity contribution in [1.29, 1.82) is 0 Å². The molecule has 0 unspecified atom stereocenters. The summed E-state index contributed by atoms with van der Waals surface area (Å²) < 4.78 is 4.99. The number of amides is 1. The van der Waals surface area contributed by atoms with Gasteiger partial charge in [-0.2, -0.15) is 0 Å². The van der Waals surface area contributed by atoms with Gasteiger partial charge in [-0.15, -0.1) is 0 Å². The van der Waals surface area contributed by atoms with Gasteiger partial charge < -0.3 is 9.64 Å². The van der Waals surface area contributed by atoms with E-state index in [1.165, 1.54) is 25.3 Å². The van der Waals surface area contributed by atoms with Crippen molar-refractivity contribution in [1.82, 2.24) is 0 Å². The first kappa shape index (κ1) is 17.4. The molecule has 0 heterocycles. The Kier molecular flexibility index (Phi) is 4.84. The number of rotatable bonds is 5. The van der Waals surface area contributed by atoms with Gasteiger partial charge in [0.25, 0.3) is 5.91 Å². The van der Waals surface area contributed by atoms with Gasteiger partial charge in [0.15, 0.2) is 5.75 Å². The molecule has 26 heavy (non-hydrogen) atoms. The van der Waals surface area contributed by atoms with E-state index in [1.807, 2.05) is 49.4 Å². The summed E-state index contributed by atoms with van der Waals surface area (Å²) in [6, 6.07) is 17.9. The van der Waals surface area contributed by atoms with E-state index in [1.54, 1.807) is 4.90 Å². The largest absolute Gasteiger partial charge is 0.490 e. The van der Waals surface area contributed by atoms with E-state index in [4.69, 9.17) is 4.74 Å². The molecule has 0 saturated carbocycles. The lowest BCUT2D eigenvalue weighted by molar-refractivity contribution is -0.385. The van der Waals surface area contributed by atoms with Gasteiger partial charge in [-0.3, -0.25) is 14.9 Å². The number of benzene rings is 3. The second-order valence-electron chi connectivity index (χ2n) is 5.72. The first-order chi connectivity index (χ1) is 12.5. The van der Waals surface area contributed by atoms with Gasteiger partial charge in [-0.05, 0) is 42.0 Å². The normalized spacial score (nSPS) is 10.5. The predicted molar refractivity (Wildman–Crippen MR) is 101 cm³/mol. The number of carbonyl (C=O) groups is 1. The Balaban J connectivity index is 2.00. The quantitative estimate of drug-likeness (QED) is 0.504. The molecule has 0 atom stereocenters. The number of carbonyl (C=O) groups excluding carboxylic acids is 1. The highest BCUT2D eigenvalue weighted by atomic mass is 16.6. The first-order valence-corrected chi connectivity index (χ1v) is 8.18. The maximum absolute atomic E-state index is 12.9. The van der Waals surface area contributed by atoms with E-state index in [0.717, 1.165) is 16.5 Å². The topological polar surface area (TPSA) is 72.7 Å². The number of anilines is 1. The molecular weight excluding hydrogens is 332 g/mol. The zero-order chi connectivity index (χ0) is 18.7. The summed E-state index contributed by atoms with van der Waals surface area (Å²) in [5.41, 5.74) is 0.759. The number of ether oxygens (including phenoxy) is 1. The fourth-order valence-electron chi connectivity index (χ4n) is 2.91. The molecule has 6 heteroatoms. The lowest BCUT2D eigenvalue weighted by atomic mass is 10.1. The zero-order valence-corrected chi connectivity index (χ0v) is 14.5. The van der Waals surface area contributed by atoms with Gasteiger partial charge in [0.2, 0.25) is 0 Å². The van der Waals surface area contributed by atoms with E-state index in [9.17, 15) is 14.9 Å². The van der Waals surface area contributed by atoms with Crippen molar-refractivity contribution in [2.24, 2.45) is 0 Å². The number of nitro benzene ring substituents is 1. The number of hydrogen-bond acceptors (Lipinski definition) is 4. The Bertz CT molecular complexity index is 984. The minimum atomic E-state index is -0.554. The van der Waals surface area contributed by atoms with Crippen LogP contribution in [0.4, 0.5) is 11.4 Å². The highest BCUT2D eigenvalue weighted by Crippen LogP contribution is 2.29. The molecule has 0 aliphatic carbocycles. The number of hydrogen-bond donors (Lipinski definition) is 0. The minimum Gasteiger partial charge on any atom is -0.490 e. The second kappa shape index (κ2) is 7.23. The van der Waals surface area contributed by atoms with Crippen molar-refractivity contribution in [3.8, 4) is 5.75 Å². The molecule has 0 aromatic heterocycles. The molecule has 0 aliphatic rings. The van der Waals surface area contributed by atoms with Crippen molar-refractivity contribution in [3.63, 3.8) is 0 Å². The minimum absolute atomic E-state index is 0.125. The number of methoxy groups -OCH3 is 1. The van der Waals surface area contributed by atoms with Crippen LogP contribution in [0.3, 0.4) is 0 Å². The second-order valence-corrected chi connectivity index (χ2v) is 5.72. The molecule has 0 spiro atoms. The average Bonchev–Trinajstić information content (AvgIpc) is 2.67. The van der Waals surface area contributed by atoms with Crippen LogP contribution in [-0.2, 0) is 0 Å². The summed E-state index contributed by atoms with van der Waals surface area (Å²) in [5, 5.41) is 13.3. The van der Waals surface area contributed by atoms with Crippen LogP contribution in [0, 0.1) is 10.1 Å². The summed E-state index contributed by atoms with van der Waals surface area (Å²) in [7, 11) is 1.36. The Hall–Kier alpha value is -3.41. The SMILES string of the molecule is CCN(C(=O)c1ccc(OC)c([N+](=O)[O-])c1)c1ccc2ccccc2c1. The lowest BCUT2D eigenvalue weighted by Gasteiger charge is -2.21. The number of nitro groups is 1. The number of nitrogens with zero attached hydrogens (tertiary/aromatic N) is 2. The first-order valence-electron chi connectivity index (χ1n) is 8.18. The highest BCUT2D eigenvalue weighted by molar-refractivity contribution is 6.07. The molecular formula is C20H18N2O4. The molecule has 3 rings (SSSR count). The standard InChI is InChI=1S/C20H18N2O4/c1-3-21(17-10-8-14-6-4-5-7-15(14)12-17)20(23)16-9-11-19(26-2)18(13-16)22(24)25/h4-13H,3H2,1-2H3. The van der Waals surface area contributed by atoms with Crippen LogP contribution in [0.2, 0.25) is 0 Å². The van der Waals surface area contributed by atoms with Crippen molar-refractivity contribution in [3.05, 3.63) is 76.3 Å². The predicted octanol–water partition coefficient (Wildman–Crippen LogP) is 4.42. The van der Waals surface area contributed by atoms with E-state index in [2.05, 4.69) is 0 Å². The lowest BCUT2D eigenvalue weighted by Crippen LogP contribution is -2.30. The fourth-order valence-corrected chi connectivity index (χ4v) is 2.91. The third kappa shape index (κ3) is 3.21. The summed E-state index contributed by atoms with van der Waals surface area (Å²) in [4.78, 5) is 25.2. The molecule has 0 aliphatic heterocycles. The Morgan fingerprint density at radius 1 is 1.08 bits per heavy atom. The van der Waals surface area contributed by atoms with Gasteiger partial charge >= 0.3 is 5.69 Å². The van der Waals surface area contributed by atoms with Crippen LogP contribution in [0.5, 0.6) is 5.75 Å². The molecule has 1 amide bonds. The van der Waals surface area contributed by atoms with Gasteiger partial charge in [0.05, 0.1) is 12.0 Å². The van der Waals surface area contributed by atoms with Crippen LogP contribution >= 0.6 is 0 Å². The molecule has 6 nitrogen and oxygen atoms in total. The third-order valence-electron chi connectivity index (χ3n) is 4.23. The van der Waals surface area contributed by atoms with Crippen molar-refractivity contribution in [2.75, 3.05) is 18.6 Å². The Morgan fingerprint density at radius 3 is 2.46 bits per heavy atom. The molecule has 0 fully saturated rings. The van der Waals surface area contributed by atoms with Crippen molar-refractivity contribution < 1.29 is 14.5 Å². The molecule has 3 aromatic carbocycles. The molecule has 0 saturated heterocycles. The van der Waals surface area contributed by atoms with Crippen LogP contribution < -0.4 is 9.64 Å². The van der Waals surface area contributed by atoms with Gasteiger partial charge in [0, 0.05) is 23.9 Å². The van der Waals surface area contributed by atoms with Crippen molar-refractivity contribution >= 4 is 28.1 Å². The molecule has 132 valence electrons. The van der Waals surface area contributed by atoms with E-state index in [0.29, 0.717) is 6.54 Å². The summed E-state index contributed by atoms with van der Waals surface area (Å²) in [5.74, 6) is -0.172. The smallest absolute Gasteiger partial charge is 0.311 e. The average molecular weight is 350 g/mol. The summed E-state index contributed by atoms with van der Waals surface area (Å²) in [6.45, 7) is 2.31. The summed E-state index contributed by atoms with van der Waals surface area (Å²) in [6.07, 6.45) is 0. The van der Waals surface area contributed by atoms with Gasteiger partial charge in [-0.25, -0.2) is 0 Å². The van der Waals surface area contributed by atoms with Gasteiger partial charge in [-0.1, -0.05) is 30.3 Å². The fraction of sp³-hybridized carbons (Fsp3) is 0.150. The Morgan fingerprint density at radius 2 is 1.81 bits per heavy atom. The monoisotopic (exact) mass is 350 g/mol. The Labute approximate surface area is 150 Å². The molecule has 0 bridgehead atoms. The molecule has 0 N–H and O–H groups in total. The number of fused-ring (bicyclic) bond motifs is 1. The van der Waals surface area contributed by atoms with Crippen LogP contribution in [0.15, 0.2) is 60.7 Å².